The lowest BCUT2D eigenvalue weighted by Gasteiger charge is -2.16. The highest BCUT2D eigenvalue weighted by molar-refractivity contribution is 7.59. The van der Waals surface area contributed by atoms with E-state index < -0.39 is 6.04 Å². The summed E-state index contributed by atoms with van der Waals surface area (Å²) in [6.07, 6.45) is 1.67. The van der Waals surface area contributed by atoms with E-state index in [0.29, 0.717) is 12.0 Å². The molecule has 0 spiro atoms. The fourth-order valence-corrected chi connectivity index (χ4v) is 3.65. The molecule has 146 valence electrons. The van der Waals surface area contributed by atoms with Crippen molar-refractivity contribution in [3.05, 3.63) is 76.6 Å². The van der Waals surface area contributed by atoms with E-state index in [2.05, 4.69) is 10.3 Å². The summed E-state index contributed by atoms with van der Waals surface area (Å²) in [6, 6.07) is 18.4. The Morgan fingerprint density at radius 3 is 2.32 bits per heavy atom. The summed E-state index contributed by atoms with van der Waals surface area (Å²) in [6.45, 7) is 2.01. The fourth-order valence-electron chi connectivity index (χ4n) is 2.84. The number of carbonyl (C=O) groups is 2. The first-order valence-electron chi connectivity index (χ1n) is 9.06. The lowest BCUT2D eigenvalue weighted by atomic mass is 10.0. The molecule has 1 heterocycles. The van der Waals surface area contributed by atoms with Crippen LogP contribution in [0.15, 0.2) is 66.0 Å². The van der Waals surface area contributed by atoms with E-state index in [1.807, 2.05) is 60.8 Å². The molecule has 0 aliphatic carbocycles. The highest BCUT2D eigenvalue weighted by atomic mass is 32.1. The number of ketones is 1. The maximum Gasteiger partial charge on any atom is 0.251 e. The lowest BCUT2D eigenvalue weighted by Crippen LogP contribution is -2.41. The molecular weight excluding hydrogens is 388 g/mol. The number of hydrogen-bond acceptors (Lipinski definition) is 4. The van der Waals surface area contributed by atoms with Crippen LogP contribution in [0.25, 0.3) is 11.3 Å². The Kier molecular flexibility index (Phi) is 8.42. The van der Waals surface area contributed by atoms with Crippen LogP contribution in [0.3, 0.4) is 0 Å². The largest absolute Gasteiger partial charge is 0.342 e. The van der Waals surface area contributed by atoms with Crippen molar-refractivity contribution in [2.45, 2.75) is 32.2 Å². The van der Waals surface area contributed by atoms with Crippen LogP contribution in [0, 0.1) is 0 Å². The molecule has 0 radical (unpaired) electrons. The zero-order chi connectivity index (χ0) is 19.1. The average molecular weight is 413 g/mol. The Morgan fingerprint density at radius 1 is 1.04 bits per heavy atom. The fraction of sp³-hybridized carbons (Fsp3) is 0.227. The van der Waals surface area contributed by atoms with Crippen LogP contribution in [0.5, 0.6) is 0 Å². The molecule has 0 bridgehead atoms. The van der Waals surface area contributed by atoms with Gasteiger partial charge in [-0.3, -0.25) is 9.59 Å². The Morgan fingerprint density at radius 2 is 1.68 bits per heavy atom. The monoisotopic (exact) mass is 412 g/mol. The first-order valence-corrected chi connectivity index (χ1v) is 9.93. The molecule has 1 amide bonds. The summed E-state index contributed by atoms with van der Waals surface area (Å²) in [7, 11) is 0. The van der Waals surface area contributed by atoms with Gasteiger partial charge in [-0.15, -0.1) is 11.3 Å². The second kappa shape index (κ2) is 10.8. The molecule has 0 unspecified atom stereocenters. The minimum atomic E-state index is -0.494. The summed E-state index contributed by atoms with van der Waals surface area (Å²) >= 11 is 1.48. The van der Waals surface area contributed by atoms with Crippen molar-refractivity contribution in [2.75, 3.05) is 0 Å². The van der Waals surface area contributed by atoms with E-state index in [9.17, 15) is 9.59 Å². The molecule has 28 heavy (non-hydrogen) atoms. The third-order valence-electron chi connectivity index (χ3n) is 4.25. The van der Waals surface area contributed by atoms with Crippen molar-refractivity contribution >= 4 is 36.5 Å². The van der Waals surface area contributed by atoms with Gasteiger partial charge in [-0.25, -0.2) is 4.98 Å². The van der Waals surface area contributed by atoms with E-state index in [4.69, 9.17) is 0 Å². The van der Waals surface area contributed by atoms with Gasteiger partial charge in [0.05, 0.1) is 18.2 Å². The quantitative estimate of drug-likeness (QED) is 0.587. The average Bonchev–Trinajstić information content (AvgIpc) is 3.17. The van der Waals surface area contributed by atoms with Gasteiger partial charge in [-0.2, -0.15) is 13.5 Å². The molecule has 1 aromatic heterocycles. The van der Waals surface area contributed by atoms with Crippen LogP contribution in [0.4, 0.5) is 0 Å². The zero-order valence-electron chi connectivity index (χ0n) is 15.7. The highest BCUT2D eigenvalue weighted by Crippen LogP contribution is 2.22. The van der Waals surface area contributed by atoms with Gasteiger partial charge >= 0.3 is 0 Å². The number of amides is 1. The van der Waals surface area contributed by atoms with E-state index in [1.54, 1.807) is 12.1 Å². The highest BCUT2D eigenvalue weighted by Gasteiger charge is 2.22. The Bertz CT molecular complexity index is 895. The topological polar surface area (TPSA) is 59.1 Å². The van der Waals surface area contributed by atoms with Crippen molar-refractivity contribution in [1.29, 1.82) is 0 Å². The Balaban J connectivity index is 0.00000280. The number of carbonyl (C=O) groups excluding carboxylic acids is 2. The summed E-state index contributed by atoms with van der Waals surface area (Å²) in [5, 5.41) is 5.62. The Labute approximate surface area is 176 Å². The molecule has 0 saturated carbocycles. The van der Waals surface area contributed by atoms with Gasteiger partial charge < -0.3 is 5.32 Å². The van der Waals surface area contributed by atoms with Crippen molar-refractivity contribution in [3.8, 4) is 11.3 Å². The summed E-state index contributed by atoms with van der Waals surface area (Å²) < 4.78 is 0. The smallest absolute Gasteiger partial charge is 0.251 e. The van der Waals surface area contributed by atoms with Crippen LogP contribution in [0.2, 0.25) is 0 Å². The SMILES string of the molecule is CCC[C@H](NC(=O)c1ccccc1)C(=O)Cc1nc(-c2ccccc2)cs1.S. The first-order chi connectivity index (χ1) is 13.2. The number of hydrogen-bond donors (Lipinski definition) is 1. The van der Waals surface area contributed by atoms with Crippen LogP contribution in [-0.2, 0) is 11.2 Å². The van der Waals surface area contributed by atoms with Crippen LogP contribution in [-0.4, -0.2) is 22.7 Å². The van der Waals surface area contributed by atoms with Crippen molar-refractivity contribution < 1.29 is 9.59 Å². The minimum Gasteiger partial charge on any atom is -0.342 e. The standard InChI is InChI=1S/C22H22N2O2S.H2S/c1-2-9-18(24-22(26)17-12-7-4-8-13-17)20(25)14-21-23-19(15-27-21)16-10-5-3-6-11-16;/h3-8,10-13,15,18H,2,9,14H2,1H3,(H,24,26);1H2/t18-;/m0./s1. The first kappa shape index (κ1) is 21.9. The van der Waals surface area contributed by atoms with Gasteiger partial charge in [-0.05, 0) is 18.6 Å². The molecule has 2 aromatic carbocycles. The van der Waals surface area contributed by atoms with Crippen LogP contribution < -0.4 is 5.32 Å². The zero-order valence-corrected chi connectivity index (χ0v) is 17.5. The van der Waals surface area contributed by atoms with Gasteiger partial charge in [0, 0.05) is 16.5 Å². The number of benzene rings is 2. The molecule has 6 heteroatoms. The predicted molar refractivity (Wildman–Crippen MR) is 119 cm³/mol. The summed E-state index contributed by atoms with van der Waals surface area (Å²) in [4.78, 5) is 29.8. The van der Waals surface area contributed by atoms with Crippen molar-refractivity contribution in [3.63, 3.8) is 0 Å². The van der Waals surface area contributed by atoms with Crippen molar-refractivity contribution in [2.24, 2.45) is 0 Å². The number of rotatable bonds is 8. The molecule has 1 atom stereocenters. The predicted octanol–water partition coefficient (Wildman–Crippen LogP) is 4.63. The molecule has 4 nitrogen and oxygen atoms in total. The van der Waals surface area contributed by atoms with E-state index in [-0.39, 0.29) is 31.6 Å². The minimum absolute atomic E-state index is 0. The van der Waals surface area contributed by atoms with Gasteiger partial charge in [0.2, 0.25) is 0 Å². The van der Waals surface area contributed by atoms with Gasteiger partial charge in [0.15, 0.2) is 5.78 Å². The van der Waals surface area contributed by atoms with E-state index >= 15 is 0 Å². The maximum absolute atomic E-state index is 12.8. The molecule has 0 aliphatic heterocycles. The molecule has 1 N–H and O–H groups in total. The number of thiazole rings is 1. The van der Waals surface area contributed by atoms with Gasteiger partial charge in [0.1, 0.15) is 5.01 Å². The van der Waals surface area contributed by atoms with Crippen LogP contribution in [0.1, 0.15) is 35.1 Å². The molecule has 0 fully saturated rings. The van der Waals surface area contributed by atoms with E-state index in [1.165, 1.54) is 11.3 Å². The van der Waals surface area contributed by atoms with Gasteiger partial charge in [0.25, 0.3) is 5.91 Å². The van der Waals surface area contributed by atoms with Gasteiger partial charge in [-0.1, -0.05) is 61.9 Å². The summed E-state index contributed by atoms with van der Waals surface area (Å²) in [5.74, 6) is -0.221. The number of nitrogens with zero attached hydrogens (tertiary/aromatic N) is 1. The Hall–Kier alpha value is -2.44. The number of aromatic nitrogens is 1. The molecular formula is C22H24N2O2S2. The van der Waals surface area contributed by atoms with E-state index in [0.717, 1.165) is 22.7 Å². The van der Waals surface area contributed by atoms with Crippen LogP contribution >= 0.6 is 24.8 Å². The normalized spacial score (nSPS) is 11.3. The third-order valence-corrected chi connectivity index (χ3v) is 5.10. The van der Waals surface area contributed by atoms with Crippen molar-refractivity contribution in [1.82, 2.24) is 10.3 Å². The number of nitrogens with one attached hydrogen (secondary N) is 1. The molecule has 3 rings (SSSR count). The molecule has 3 aromatic rings. The number of Topliss-reactive ketones (excluding diaryl/α,β-unsaturated/α-hetero) is 1. The maximum atomic E-state index is 12.8. The second-order valence-corrected chi connectivity index (χ2v) is 7.26. The second-order valence-electron chi connectivity index (χ2n) is 6.32. The third kappa shape index (κ3) is 5.78. The summed E-state index contributed by atoms with van der Waals surface area (Å²) in [5.41, 5.74) is 2.48. The molecule has 0 saturated heterocycles. The lowest BCUT2D eigenvalue weighted by molar-refractivity contribution is -0.120. The molecule has 0 aliphatic rings.